The van der Waals surface area contributed by atoms with E-state index >= 15 is 0 Å². The number of rotatable bonds is 4. The maximum atomic E-state index is 14.1. The van der Waals surface area contributed by atoms with Gasteiger partial charge in [0.1, 0.15) is 10.8 Å². The van der Waals surface area contributed by atoms with Gasteiger partial charge in [0.15, 0.2) is 0 Å². The van der Waals surface area contributed by atoms with E-state index < -0.39 is 0 Å². The summed E-state index contributed by atoms with van der Waals surface area (Å²) in [6, 6.07) is 18.5. The molecule has 0 radical (unpaired) electrons. The number of aromatic nitrogens is 1. The van der Waals surface area contributed by atoms with Crippen molar-refractivity contribution >= 4 is 46.1 Å². The molecule has 0 saturated carbocycles. The monoisotopic (exact) mass is 442 g/mol. The van der Waals surface area contributed by atoms with Crippen molar-refractivity contribution in [1.82, 2.24) is 4.98 Å². The maximum absolute atomic E-state index is 14.1. The predicted octanol–water partition coefficient (Wildman–Crippen LogP) is 7.18. The van der Waals surface area contributed by atoms with E-state index in [0.717, 1.165) is 5.56 Å². The van der Waals surface area contributed by atoms with Gasteiger partial charge in [-0.25, -0.2) is 9.37 Å². The third-order valence-electron chi connectivity index (χ3n) is 4.23. The minimum absolute atomic E-state index is 0.277. The molecule has 29 heavy (non-hydrogen) atoms. The van der Waals surface area contributed by atoms with E-state index in [9.17, 15) is 9.18 Å². The highest BCUT2D eigenvalue weighted by Gasteiger charge is 2.16. The fourth-order valence-corrected chi connectivity index (χ4v) is 4.05. The lowest BCUT2D eigenvalue weighted by Crippen LogP contribution is -2.13. The van der Waals surface area contributed by atoms with Crippen molar-refractivity contribution < 1.29 is 9.18 Å². The smallest absolute Gasteiger partial charge is 0.257 e. The molecule has 1 N–H and O–H groups in total. The molecule has 0 fully saturated rings. The standard InChI is InChI=1S/C22H13Cl2FN2OS/c23-13-9-10-17(24)16(11-13)21(28)26-19-8-4-2-6-15(19)20-12-29-22(27-20)14-5-1-3-7-18(14)25/h1-12H,(H,26,28). The van der Waals surface area contributed by atoms with Gasteiger partial charge in [-0.1, -0.05) is 53.5 Å². The van der Waals surface area contributed by atoms with Crippen LogP contribution in [0, 0.1) is 5.82 Å². The molecule has 4 aromatic rings. The molecule has 0 spiro atoms. The Balaban J connectivity index is 1.67. The van der Waals surface area contributed by atoms with Crippen LogP contribution in [0.15, 0.2) is 72.1 Å². The van der Waals surface area contributed by atoms with Crippen LogP contribution >= 0.6 is 34.5 Å². The van der Waals surface area contributed by atoms with Crippen LogP contribution in [0.1, 0.15) is 10.4 Å². The molecule has 3 aromatic carbocycles. The van der Waals surface area contributed by atoms with Gasteiger partial charge < -0.3 is 5.32 Å². The fourth-order valence-electron chi connectivity index (χ4n) is 2.83. The Morgan fingerprint density at radius 1 is 0.966 bits per heavy atom. The topological polar surface area (TPSA) is 42.0 Å². The maximum Gasteiger partial charge on any atom is 0.257 e. The first-order valence-corrected chi connectivity index (χ1v) is 10.2. The summed E-state index contributed by atoms with van der Waals surface area (Å²) in [4.78, 5) is 17.3. The third kappa shape index (κ3) is 4.17. The second kappa shape index (κ2) is 8.33. The Morgan fingerprint density at radius 2 is 1.69 bits per heavy atom. The lowest BCUT2D eigenvalue weighted by molar-refractivity contribution is 0.102. The molecule has 1 heterocycles. The first-order chi connectivity index (χ1) is 14.0. The summed E-state index contributed by atoms with van der Waals surface area (Å²) in [6.45, 7) is 0. The van der Waals surface area contributed by atoms with Crippen LogP contribution in [0.4, 0.5) is 10.1 Å². The third-order valence-corrected chi connectivity index (χ3v) is 5.67. The predicted molar refractivity (Wildman–Crippen MR) is 117 cm³/mol. The number of anilines is 1. The van der Waals surface area contributed by atoms with Crippen molar-refractivity contribution in [3.8, 4) is 21.8 Å². The zero-order valence-electron chi connectivity index (χ0n) is 14.8. The van der Waals surface area contributed by atoms with E-state index in [1.54, 1.807) is 36.4 Å². The van der Waals surface area contributed by atoms with Crippen molar-refractivity contribution in [3.63, 3.8) is 0 Å². The van der Waals surface area contributed by atoms with Crippen molar-refractivity contribution in [2.24, 2.45) is 0 Å². The Bertz CT molecular complexity index is 1210. The van der Waals surface area contributed by atoms with Crippen molar-refractivity contribution in [1.29, 1.82) is 0 Å². The number of carbonyl (C=O) groups is 1. The average Bonchev–Trinajstić information content (AvgIpc) is 3.20. The number of carbonyl (C=O) groups excluding carboxylic acids is 1. The summed E-state index contributed by atoms with van der Waals surface area (Å²) in [5.41, 5.74) is 2.65. The van der Waals surface area contributed by atoms with Gasteiger partial charge in [0.25, 0.3) is 5.91 Å². The number of hydrogen-bond acceptors (Lipinski definition) is 3. The van der Waals surface area contributed by atoms with E-state index in [1.807, 2.05) is 23.6 Å². The van der Waals surface area contributed by atoms with Crippen LogP contribution in [-0.4, -0.2) is 10.9 Å². The molecule has 0 aliphatic carbocycles. The fraction of sp³-hybridized carbons (Fsp3) is 0. The van der Waals surface area contributed by atoms with Crippen LogP contribution in [0.3, 0.4) is 0 Å². The van der Waals surface area contributed by atoms with Crippen molar-refractivity contribution in [3.05, 3.63) is 93.5 Å². The molecule has 1 amide bonds. The largest absolute Gasteiger partial charge is 0.321 e. The normalized spacial score (nSPS) is 10.7. The summed E-state index contributed by atoms with van der Waals surface area (Å²) < 4.78 is 14.1. The summed E-state index contributed by atoms with van der Waals surface area (Å²) in [5.74, 6) is -0.708. The summed E-state index contributed by atoms with van der Waals surface area (Å²) in [5, 5.41) is 5.99. The summed E-state index contributed by atoms with van der Waals surface area (Å²) in [6.07, 6.45) is 0. The molecular formula is C22H13Cl2FN2OS. The number of amides is 1. The van der Waals surface area contributed by atoms with E-state index in [2.05, 4.69) is 10.3 Å². The van der Waals surface area contributed by atoms with E-state index in [-0.39, 0.29) is 17.3 Å². The molecular weight excluding hydrogens is 430 g/mol. The van der Waals surface area contributed by atoms with E-state index in [4.69, 9.17) is 23.2 Å². The summed E-state index contributed by atoms with van der Waals surface area (Å²) >= 11 is 13.5. The number of halogens is 3. The Labute approximate surface area is 180 Å². The number of nitrogens with zero attached hydrogens (tertiary/aromatic N) is 1. The second-order valence-corrected chi connectivity index (χ2v) is 7.84. The van der Waals surface area contributed by atoms with Crippen LogP contribution in [0.2, 0.25) is 10.0 Å². The molecule has 0 aliphatic rings. The summed E-state index contributed by atoms with van der Waals surface area (Å²) in [7, 11) is 0. The molecule has 3 nitrogen and oxygen atoms in total. The molecule has 7 heteroatoms. The lowest BCUT2D eigenvalue weighted by Gasteiger charge is -2.11. The first-order valence-electron chi connectivity index (χ1n) is 8.59. The Kier molecular flexibility index (Phi) is 5.62. The Morgan fingerprint density at radius 3 is 2.48 bits per heavy atom. The number of benzene rings is 3. The van der Waals surface area contributed by atoms with Gasteiger partial charge in [0.05, 0.1) is 22.0 Å². The quantitative estimate of drug-likeness (QED) is 0.363. The van der Waals surface area contributed by atoms with Gasteiger partial charge in [0, 0.05) is 21.5 Å². The van der Waals surface area contributed by atoms with E-state index in [0.29, 0.717) is 32.0 Å². The highest BCUT2D eigenvalue weighted by atomic mass is 35.5. The molecule has 0 bridgehead atoms. The van der Waals surface area contributed by atoms with Gasteiger partial charge in [-0.15, -0.1) is 11.3 Å². The zero-order chi connectivity index (χ0) is 20.4. The average molecular weight is 443 g/mol. The highest BCUT2D eigenvalue weighted by Crippen LogP contribution is 2.34. The zero-order valence-corrected chi connectivity index (χ0v) is 17.2. The molecule has 1 aromatic heterocycles. The van der Waals surface area contributed by atoms with Crippen LogP contribution in [-0.2, 0) is 0 Å². The lowest BCUT2D eigenvalue weighted by atomic mass is 10.1. The minimum atomic E-state index is -0.380. The van der Waals surface area contributed by atoms with Gasteiger partial charge in [-0.05, 0) is 36.4 Å². The van der Waals surface area contributed by atoms with Gasteiger partial charge in [-0.3, -0.25) is 4.79 Å². The van der Waals surface area contributed by atoms with Gasteiger partial charge >= 0.3 is 0 Å². The second-order valence-electron chi connectivity index (χ2n) is 6.14. The molecule has 0 atom stereocenters. The van der Waals surface area contributed by atoms with Crippen molar-refractivity contribution in [2.75, 3.05) is 5.32 Å². The molecule has 4 rings (SSSR count). The number of para-hydroxylation sites is 1. The number of thiazole rings is 1. The number of hydrogen-bond donors (Lipinski definition) is 1. The number of nitrogens with one attached hydrogen (secondary N) is 1. The Hall–Kier alpha value is -2.73. The molecule has 0 aliphatic heterocycles. The minimum Gasteiger partial charge on any atom is -0.321 e. The first kappa shape index (κ1) is 19.6. The van der Waals surface area contributed by atoms with Crippen LogP contribution in [0.5, 0.6) is 0 Å². The van der Waals surface area contributed by atoms with Gasteiger partial charge in [0.2, 0.25) is 0 Å². The van der Waals surface area contributed by atoms with Gasteiger partial charge in [-0.2, -0.15) is 0 Å². The highest BCUT2D eigenvalue weighted by molar-refractivity contribution is 7.13. The van der Waals surface area contributed by atoms with Crippen molar-refractivity contribution in [2.45, 2.75) is 0 Å². The molecule has 0 saturated heterocycles. The van der Waals surface area contributed by atoms with Crippen LogP contribution in [0.25, 0.3) is 21.8 Å². The molecule has 0 unspecified atom stereocenters. The SMILES string of the molecule is O=C(Nc1ccccc1-c1csc(-c2ccccc2F)n1)c1cc(Cl)ccc1Cl. The van der Waals surface area contributed by atoms with E-state index in [1.165, 1.54) is 23.5 Å². The molecule has 144 valence electrons. The van der Waals surface area contributed by atoms with Crippen LogP contribution < -0.4 is 5.32 Å².